The lowest BCUT2D eigenvalue weighted by Gasteiger charge is -2.31. The van der Waals surface area contributed by atoms with Crippen molar-refractivity contribution in [1.82, 2.24) is 79.4 Å². The minimum Gasteiger partial charge on any atom is -0.475 e. The number of aliphatic carboxylic acids is 1. The van der Waals surface area contributed by atoms with Crippen LogP contribution in [0.4, 0.5) is 47.7 Å². The predicted molar refractivity (Wildman–Crippen MR) is 399 cm³/mol. The highest BCUT2D eigenvalue weighted by Gasteiger charge is 2.32. The van der Waals surface area contributed by atoms with Crippen LogP contribution < -0.4 is 16.0 Å². The van der Waals surface area contributed by atoms with Gasteiger partial charge < -0.3 is 55.6 Å². The summed E-state index contributed by atoms with van der Waals surface area (Å²) in [5.74, 6) is -2.66. The number of piperazine rings is 2. The molecule has 7 N–H and O–H groups in total. The van der Waals surface area contributed by atoms with Gasteiger partial charge in [-0.05, 0) is 123 Å². The summed E-state index contributed by atoms with van der Waals surface area (Å²) in [7, 11) is 3.99. The Balaban J connectivity index is 0.000000159. The summed E-state index contributed by atoms with van der Waals surface area (Å²) in [6.45, 7) is 17.0. The molecular weight excluding hydrogens is 1380 g/mol. The standard InChI is InChI=1S/2C27H28FN7O2.C22H18FN5O3.ClH/c2*1-16(2)19-14-30-24(17-4-6-18(28)7-5-17)33-25(19)32-21-8-9-29-26-22(21)20(15-31-26)23(36)27(37)35-12-10-34(3)11-13-35;1-11(2)14-9-25-19(12-3-5-13(23)6-4-12)28-20(14)27-16-7-8-24-21-17(16)15(10-26-21)18(29)22(30)31;/h2*4-9,14-16H,10-13H2,1-3H3,(H2,29,30,31,32,33);3-11H,1-2H3,(H,30,31)(H2,24,25,26,27,28);1H. The highest BCUT2D eigenvalue weighted by molar-refractivity contribution is 6.46. The highest BCUT2D eigenvalue weighted by Crippen LogP contribution is 2.37. The van der Waals surface area contributed by atoms with E-state index in [1.807, 2.05) is 55.6 Å². The number of benzene rings is 3. The fourth-order valence-corrected chi connectivity index (χ4v) is 12.0. The molecule has 30 heteroatoms. The lowest BCUT2D eigenvalue weighted by atomic mass is 10.0. The molecule has 2 saturated heterocycles. The summed E-state index contributed by atoms with van der Waals surface area (Å²) in [5, 5.41) is 20.5. The van der Waals surface area contributed by atoms with Crippen LogP contribution in [-0.2, 0) is 14.4 Å². The number of aromatic amines is 3. The number of ketones is 3. The molecule has 11 heterocycles. The van der Waals surface area contributed by atoms with Crippen molar-refractivity contribution in [2.45, 2.75) is 59.3 Å². The molecule has 0 aliphatic carbocycles. The molecule has 2 amide bonds. The van der Waals surface area contributed by atoms with Crippen LogP contribution in [0.1, 0.15) is 107 Å². The van der Waals surface area contributed by atoms with Crippen LogP contribution in [0.25, 0.3) is 67.3 Å². The Kier molecular flexibility index (Phi) is 23.1. The van der Waals surface area contributed by atoms with Crippen molar-refractivity contribution in [3.05, 3.63) is 198 Å². The number of aromatic nitrogens is 12. The Bertz CT molecular complexity index is 5030. The Morgan fingerprint density at radius 3 is 0.943 bits per heavy atom. The van der Waals surface area contributed by atoms with Crippen LogP contribution in [0, 0.1) is 17.5 Å². The van der Waals surface area contributed by atoms with E-state index in [0.29, 0.717) is 128 Å². The second-order valence-electron chi connectivity index (χ2n) is 26.2. The molecule has 3 aromatic carbocycles. The monoisotopic (exact) mass is 1460 g/mol. The summed E-state index contributed by atoms with van der Waals surface area (Å²) in [6.07, 6.45) is 14.4. The van der Waals surface area contributed by atoms with Gasteiger partial charge in [-0.25, -0.2) is 62.8 Å². The quantitative estimate of drug-likeness (QED) is 0.0310. The van der Waals surface area contributed by atoms with Crippen molar-refractivity contribution in [2.24, 2.45) is 0 Å². The normalized spacial score (nSPS) is 13.3. The molecule has 2 aliphatic rings. The fraction of sp³-hybridized carbons (Fsp3) is 0.250. The molecule has 0 spiro atoms. The molecule has 14 rings (SSSR count). The molecule has 26 nitrogen and oxygen atoms in total. The number of rotatable bonds is 18. The van der Waals surface area contributed by atoms with Gasteiger partial charge in [0.2, 0.25) is 0 Å². The number of halogens is 4. The van der Waals surface area contributed by atoms with Crippen molar-refractivity contribution in [1.29, 1.82) is 0 Å². The zero-order valence-electron chi connectivity index (χ0n) is 59.0. The number of nitrogens with zero attached hydrogens (tertiary/aromatic N) is 13. The number of carbonyl (C=O) groups is 6. The molecule has 0 atom stereocenters. The fourth-order valence-electron chi connectivity index (χ4n) is 12.0. The largest absolute Gasteiger partial charge is 0.475 e. The van der Waals surface area contributed by atoms with E-state index in [1.54, 1.807) is 95.4 Å². The van der Waals surface area contributed by atoms with E-state index in [2.05, 4.69) is 75.6 Å². The minimum atomic E-state index is -1.56. The first kappa shape index (κ1) is 75.0. The van der Waals surface area contributed by atoms with Crippen molar-refractivity contribution < 1.29 is 47.0 Å². The summed E-state index contributed by atoms with van der Waals surface area (Å²) in [4.78, 5) is 133. The Hall–Kier alpha value is -12.2. The maximum absolute atomic E-state index is 13.4. The third-order valence-corrected chi connectivity index (χ3v) is 18.0. The third-order valence-electron chi connectivity index (χ3n) is 18.0. The molecule has 0 unspecified atom stereocenters. The number of likely N-dealkylation sites (N-methyl/N-ethyl adjacent to an activating group) is 2. The summed E-state index contributed by atoms with van der Waals surface area (Å²) in [5.41, 5.74) is 8.05. The Morgan fingerprint density at radius 2 is 0.679 bits per heavy atom. The number of carboxylic acids is 1. The van der Waals surface area contributed by atoms with Crippen molar-refractivity contribution in [2.75, 3.05) is 82.4 Å². The van der Waals surface area contributed by atoms with E-state index in [1.165, 1.54) is 61.2 Å². The van der Waals surface area contributed by atoms with E-state index in [-0.39, 0.29) is 64.3 Å². The zero-order chi connectivity index (χ0) is 74.3. The predicted octanol–water partition coefficient (Wildman–Crippen LogP) is 12.7. The van der Waals surface area contributed by atoms with Gasteiger partial charge in [0.15, 0.2) is 17.5 Å². The number of H-pyrrole nitrogens is 3. The Morgan fingerprint density at radius 1 is 0.406 bits per heavy atom. The van der Waals surface area contributed by atoms with Gasteiger partial charge >= 0.3 is 5.97 Å². The van der Waals surface area contributed by atoms with E-state index < -0.39 is 35.1 Å². The average molecular weight is 1460 g/mol. The number of amides is 2. The molecule has 106 heavy (non-hydrogen) atoms. The molecule has 9 aromatic heterocycles. The number of hydrogen-bond donors (Lipinski definition) is 7. The number of pyridine rings is 3. The average Bonchev–Trinajstić information content (AvgIpc) is 1.28. The van der Waals surface area contributed by atoms with E-state index in [0.717, 1.165) is 42.9 Å². The summed E-state index contributed by atoms with van der Waals surface area (Å²) in [6, 6.07) is 22.9. The van der Waals surface area contributed by atoms with Crippen molar-refractivity contribution in [3.63, 3.8) is 0 Å². The third kappa shape index (κ3) is 16.6. The van der Waals surface area contributed by atoms with Crippen molar-refractivity contribution in [3.8, 4) is 34.2 Å². The van der Waals surface area contributed by atoms with Crippen LogP contribution in [0.2, 0.25) is 0 Å². The van der Waals surface area contributed by atoms with Crippen LogP contribution in [0.15, 0.2) is 147 Å². The topological polar surface area (TPSA) is 335 Å². The summed E-state index contributed by atoms with van der Waals surface area (Å²) < 4.78 is 40.2. The van der Waals surface area contributed by atoms with Crippen LogP contribution in [0.3, 0.4) is 0 Å². The molecule has 0 bridgehead atoms. The van der Waals surface area contributed by atoms with Gasteiger partial charge in [-0.1, -0.05) is 41.5 Å². The number of carboxylic acid groups (broad SMARTS) is 1. The molecule has 2 aliphatic heterocycles. The van der Waals surface area contributed by atoms with Gasteiger partial charge in [0.25, 0.3) is 29.2 Å². The first-order valence-electron chi connectivity index (χ1n) is 33.9. The van der Waals surface area contributed by atoms with Gasteiger partial charge in [0.05, 0.1) is 49.9 Å². The molecule has 0 saturated carbocycles. The number of carbonyl (C=O) groups excluding carboxylic acids is 5. The zero-order valence-corrected chi connectivity index (χ0v) is 59.8. The maximum atomic E-state index is 13.4. The van der Waals surface area contributed by atoms with Gasteiger partial charge in [-0.15, -0.1) is 12.4 Å². The lowest BCUT2D eigenvalue weighted by Crippen LogP contribution is -2.49. The first-order chi connectivity index (χ1) is 50.5. The van der Waals surface area contributed by atoms with Gasteiger partial charge in [0, 0.05) is 142 Å². The highest BCUT2D eigenvalue weighted by atomic mass is 35.5. The molecular formula is C76H75ClF3N19O7. The van der Waals surface area contributed by atoms with Crippen LogP contribution in [0.5, 0.6) is 0 Å². The number of hydrogen-bond acceptors (Lipinski definition) is 20. The smallest absolute Gasteiger partial charge is 0.377 e. The number of Topliss-reactive ketones (excluding diaryl/α,β-unsaturated/α-hetero) is 3. The van der Waals surface area contributed by atoms with Crippen LogP contribution in [-0.4, -0.2) is 186 Å². The SMILES string of the molecule is CC(C)c1cnc(-c2ccc(F)cc2)nc1Nc1ccnc2[nH]cc(C(=O)C(=O)N3CCN(C)CC3)c12.CC(C)c1cnc(-c2ccc(F)cc2)nc1Nc1ccnc2[nH]cc(C(=O)C(=O)N3CCN(C)CC3)c12.CC(C)c1cnc(-c2ccc(F)cc2)nc1Nc1ccnc2[nH]cc(C(=O)C(=O)O)c12.Cl. The van der Waals surface area contributed by atoms with Crippen LogP contribution >= 0.6 is 12.4 Å². The van der Waals surface area contributed by atoms with Gasteiger partial charge in [-0.2, -0.15) is 0 Å². The number of fused-ring (bicyclic) bond motifs is 3. The second kappa shape index (κ2) is 32.6. The molecule has 544 valence electrons. The van der Waals surface area contributed by atoms with Crippen molar-refractivity contribution >= 4 is 115 Å². The van der Waals surface area contributed by atoms with E-state index >= 15 is 0 Å². The van der Waals surface area contributed by atoms with Gasteiger partial charge in [0.1, 0.15) is 51.8 Å². The lowest BCUT2D eigenvalue weighted by molar-refractivity contribution is -0.132. The minimum absolute atomic E-state index is 0. The second-order valence-corrected chi connectivity index (χ2v) is 26.2. The Labute approximate surface area is 612 Å². The van der Waals surface area contributed by atoms with E-state index in [4.69, 9.17) is 15.1 Å². The van der Waals surface area contributed by atoms with Gasteiger partial charge in [-0.3, -0.25) is 24.0 Å². The molecule has 12 aromatic rings. The molecule has 0 radical (unpaired) electrons. The van der Waals surface area contributed by atoms with E-state index in [9.17, 15) is 41.9 Å². The number of anilines is 6. The maximum Gasteiger partial charge on any atom is 0.377 e. The summed E-state index contributed by atoms with van der Waals surface area (Å²) >= 11 is 0. The number of nitrogens with one attached hydrogen (secondary N) is 6. The first-order valence-corrected chi connectivity index (χ1v) is 33.9. The molecule has 2 fully saturated rings.